The van der Waals surface area contributed by atoms with Crippen LogP contribution in [0.1, 0.15) is 32.8 Å². The summed E-state index contributed by atoms with van der Waals surface area (Å²) in [5.41, 5.74) is 7.44. The number of hydrogen-bond acceptors (Lipinski definition) is 3. The third-order valence-corrected chi connectivity index (χ3v) is 4.15. The van der Waals surface area contributed by atoms with Gasteiger partial charge in [0, 0.05) is 28.3 Å². The molecule has 0 aliphatic rings. The molecule has 0 saturated heterocycles. The van der Waals surface area contributed by atoms with E-state index in [1.807, 2.05) is 18.2 Å². The zero-order chi connectivity index (χ0) is 13.9. The summed E-state index contributed by atoms with van der Waals surface area (Å²) in [4.78, 5) is 2.22. The lowest BCUT2D eigenvalue weighted by Gasteiger charge is -2.37. The molecule has 0 bridgehead atoms. The van der Waals surface area contributed by atoms with Crippen LogP contribution in [0.15, 0.2) is 27.8 Å². The molecule has 0 saturated carbocycles. The quantitative estimate of drug-likeness (QED) is 0.388. The van der Waals surface area contributed by atoms with E-state index in [-0.39, 0.29) is 11.4 Å². The van der Waals surface area contributed by atoms with E-state index in [1.54, 1.807) is 0 Å². The van der Waals surface area contributed by atoms with Crippen molar-refractivity contribution >= 4 is 27.5 Å². The Labute approximate surface area is 117 Å². The first kappa shape index (κ1) is 14.8. The second-order valence-corrected chi connectivity index (χ2v) is 5.73. The maximum absolute atomic E-state index is 8.69. The number of oxime groups is 1. The summed E-state index contributed by atoms with van der Waals surface area (Å²) >= 11 is 3.45. The van der Waals surface area contributed by atoms with E-state index in [0.29, 0.717) is 5.56 Å². The number of halogens is 1. The van der Waals surface area contributed by atoms with Gasteiger partial charge in [0.1, 0.15) is 0 Å². The molecule has 1 aromatic carbocycles. The monoisotopic (exact) mass is 313 g/mol. The maximum atomic E-state index is 8.69. The van der Waals surface area contributed by atoms with Gasteiger partial charge in [-0.3, -0.25) is 0 Å². The lowest BCUT2D eigenvalue weighted by Crippen LogP contribution is -2.40. The smallest absolute Gasteiger partial charge is 0.171 e. The molecule has 0 aromatic heterocycles. The first-order chi connectivity index (χ1) is 8.33. The Bertz CT molecular complexity index is 458. The highest BCUT2D eigenvalue weighted by atomic mass is 79.9. The van der Waals surface area contributed by atoms with E-state index in [2.05, 4.69) is 53.8 Å². The van der Waals surface area contributed by atoms with Crippen molar-refractivity contribution in [3.8, 4) is 0 Å². The summed E-state index contributed by atoms with van der Waals surface area (Å²) in [7, 11) is 2.06. The van der Waals surface area contributed by atoms with E-state index in [1.165, 1.54) is 0 Å². The van der Waals surface area contributed by atoms with Crippen molar-refractivity contribution in [3.05, 3.63) is 28.2 Å². The van der Waals surface area contributed by atoms with E-state index in [9.17, 15) is 0 Å². The molecule has 0 fully saturated rings. The van der Waals surface area contributed by atoms with Gasteiger partial charge in [-0.25, -0.2) is 0 Å². The van der Waals surface area contributed by atoms with Crippen molar-refractivity contribution in [2.24, 2.45) is 10.9 Å². The molecule has 1 rings (SSSR count). The summed E-state index contributed by atoms with van der Waals surface area (Å²) in [5, 5.41) is 11.7. The van der Waals surface area contributed by atoms with Crippen LogP contribution in [-0.4, -0.2) is 23.6 Å². The topological polar surface area (TPSA) is 61.8 Å². The van der Waals surface area contributed by atoms with E-state index in [0.717, 1.165) is 16.6 Å². The molecule has 3 N–H and O–H groups in total. The Morgan fingerprint density at radius 2 is 2.11 bits per heavy atom. The lowest BCUT2D eigenvalue weighted by atomic mass is 9.99. The molecule has 0 aliphatic carbocycles. The van der Waals surface area contributed by atoms with Crippen LogP contribution in [0, 0.1) is 0 Å². The van der Waals surface area contributed by atoms with Gasteiger partial charge in [-0.1, -0.05) is 12.1 Å². The lowest BCUT2D eigenvalue weighted by molar-refractivity contribution is 0.318. The van der Waals surface area contributed by atoms with Gasteiger partial charge < -0.3 is 15.8 Å². The number of nitrogens with zero attached hydrogens (tertiary/aromatic N) is 2. The summed E-state index contributed by atoms with van der Waals surface area (Å²) in [5.74, 6) is 0.103. The molecule has 100 valence electrons. The Balaban J connectivity index is 3.12. The third-order valence-electron chi connectivity index (χ3n) is 3.50. The van der Waals surface area contributed by atoms with Gasteiger partial charge >= 0.3 is 0 Å². The van der Waals surface area contributed by atoms with Gasteiger partial charge in [-0.2, -0.15) is 0 Å². The van der Waals surface area contributed by atoms with Crippen LogP contribution in [0.25, 0.3) is 0 Å². The minimum absolute atomic E-state index is 0.0809. The number of hydrogen-bond donors (Lipinski definition) is 2. The van der Waals surface area contributed by atoms with Crippen molar-refractivity contribution in [1.82, 2.24) is 0 Å². The van der Waals surface area contributed by atoms with Crippen molar-refractivity contribution in [3.63, 3.8) is 0 Å². The molecule has 4 nitrogen and oxygen atoms in total. The van der Waals surface area contributed by atoms with Gasteiger partial charge in [-0.15, -0.1) is 0 Å². The number of rotatable bonds is 4. The summed E-state index contributed by atoms with van der Waals surface area (Å²) in [6.07, 6.45) is 1.04. The molecule has 0 aliphatic heterocycles. The molecule has 1 aromatic rings. The molecule has 5 heteroatoms. The average Bonchev–Trinajstić information content (AvgIpc) is 2.36. The normalized spacial score (nSPS) is 12.6. The number of anilines is 1. The highest BCUT2D eigenvalue weighted by Gasteiger charge is 2.22. The van der Waals surface area contributed by atoms with E-state index >= 15 is 0 Å². The number of amidine groups is 1. The van der Waals surface area contributed by atoms with Crippen LogP contribution in [0.4, 0.5) is 5.69 Å². The Morgan fingerprint density at radius 3 is 2.56 bits per heavy atom. The van der Waals surface area contributed by atoms with Crippen molar-refractivity contribution in [2.45, 2.75) is 32.7 Å². The minimum atomic E-state index is 0.0809. The fourth-order valence-corrected chi connectivity index (χ4v) is 2.13. The van der Waals surface area contributed by atoms with Crippen LogP contribution < -0.4 is 10.6 Å². The Morgan fingerprint density at radius 1 is 1.50 bits per heavy atom. The summed E-state index contributed by atoms with van der Waals surface area (Å²) < 4.78 is 0.814. The minimum Gasteiger partial charge on any atom is -0.409 e. The van der Waals surface area contributed by atoms with E-state index < -0.39 is 0 Å². The molecule has 0 radical (unpaired) electrons. The predicted octanol–water partition coefficient (Wildman–Crippen LogP) is 3.17. The van der Waals surface area contributed by atoms with Crippen LogP contribution in [-0.2, 0) is 0 Å². The SMILES string of the molecule is CCC(C)(C)N(C)c1ccc(/C(N)=N/O)c(Br)c1. The molecular formula is C13H20BrN3O. The summed E-state index contributed by atoms with van der Waals surface area (Å²) in [6.45, 7) is 6.55. The van der Waals surface area contributed by atoms with Crippen LogP contribution >= 0.6 is 15.9 Å². The molecule has 0 heterocycles. The summed E-state index contributed by atoms with van der Waals surface area (Å²) in [6, 6.07) is 5.79. The number of nitrogens with two attached hydrogens (primary N) is 1. The molecule has 0 unspecified atom stereocenters. The molecule has 18 heavy (non-hydrogen) atoms. The van der Waals surface area contributed by atoms with Crippen molar-refractivity contribution < 1.29 is 5.21 Å². The number of benzene rings is 1. The Hall–Kier alpha value is -1.23. The van der Waals surface area contributed by atoms with Crippen molar-refractivity contribution in [1.29, 1.82) is 0 Å². The molecular weight excluding hydrogens is 294 g/mol. The van der Waals surface area contributed by atoms with Gasteiger partial charge in [0.05, 0.1) is 0 Å². The Kier molecular flexibility index (Phi) is 4.62. The van der Waals surface area contributed by atoms with Crippen LogP contribution in [0.2, 0.25) is 0 Å². The standard InChI is InChI=1S/C13H20BrN3O/c1-5-13(2,3)17(4)9-6-7-10(11(14)8-9)12(15)16-18/h6-8,18H,5H2,1-4H3,(H2,15,16). The fourth-order valence-electron chi connectivity index (χ4n) is 1.56. The largest absolute Gasteiger partial charge is 0.409 e. The van der Waals surface area contributed by atoms with Gasteiger partial charge in [0.25, 0.3) is 0 Å². The van der Waals surface area contributed by atoms with Gasteiger partial charge in [0.2, 0.25) is 0 Å². The first-order valence-corrected chi connectivity index (χ1v) is 6.64. The third kappa shape index (κ3) is 2.96. The van der Waals surface area contributed by atoms with Gasteiger partial charge in [0.15, 0.2) is 5.84 Å². The zero-order valence-electron chi connectivity index (χ0n) is 11.2. The fraction of sp³-hybridized carbons (Fsp3) is 0.462. The van der Waals surface area contributed by atoms with Crippen LogP contribution in [0.3, 0.4) is 0 Å². The molecule has 0 amide bonds. The van der Waals surface area contributed by atoms with Crippen molar-refractivity contribution in [2.75, 3.05) is 11.9 Å². The predicted molar refractivity (Wildman–Crippen MR) is 79.4 cm³/mol. The highest BCUT2D eigenvalue weighted by Crippen LogP contribution is 2.29. The molecule has 0 spiro atoms. The highest BCUT2D eigenvalue weighted by molar-refractivity contribution is 9.10. The van der Waals surface area contributed by atoms with E-state index in [4.69, 9.17) is 10.9 Å². The average molecular weight is 314 g/mol. The second-order valence-electron chi connectivity index (χ2n) is 4.87. The second kappa shape index (κ2) is 5.61. The maximum Gasteiger partial charge on any atom is 0.171 e. The van der Waals surface area contributed by atoms with Crippen LogP contribution in [0.5, 0.6) is 0 Å². The zero-order valence-corrected chi connectivity index (χ0v) is 12.8. The molecule has 0 atom stereocenters. The van der Waals surface area contributed by atoms with Gasteiger partial charge in [-0.05, 0) is 54.4 Å². The first-order valence-electron chi connectivity index (χ1n) is 5.84.